The molecule has 0 amide bonds. The van der Waals surface area contributed by atoms with E-state index in [1.54, 1.807) is 20.2 Å². The zero-order valence-corrected chi connectivity index (χ0v) is 16.9. The van der Waals surface area contributed by atoms with E-state index in [-0.39, 0.29) is 6.79 Å². The number of ether oxygens (including phenoxy) is 3. The number of morpholine rings is 1. The maximum atomic E-state index is 9.13. The molecule has 3 heterocycles. The average Bonchev–Trinajstić information content (AvgIpc) is 2.81. The van der Waals surface area contributed by atoms with Crippen LogP contribution < -0.4 is 9.64 Å². The van der Waals surface area contributed by atoms with Crippen LogP contribution in [0.3, 0.4) is 0 Å². The van der Waals surface area contributed by atoms with Gasteiger partial charge in [0.2, 0.25) is 0 Å². The van der Waals surface area contributed by atoms with Crippen molar-refractivity contribution in [3.05, 3.63) is 42.1 Å². The molecular weight excluding hydrogens is 386 g/mol. The SMILES string of the molecule is COCOc1cccc(-c2nc(N3CCOCC3)c3ncc(C(C)=NO)cc3n2)c1. The highest BCUT2D eigenvalue weighted by molar-refractivity contribution is 6.01. The van der Waals surface area contributed by atoms with Gasteiger partial charge in [-0.15, -0.1) is 0 Å². The first kappa shape index (κ1) is 20.0. The second-order valence-corrected chi connectivity index (χ2v) is 6.83. The summed E-state index contributed by atoms with van der Waals surface area (Å²) in [4.78, 5) is 16.3. The number of aromatic nitrogens is 3. The Balaban J connectivity index is 1.84. The maximum absolute atomic E-state index is 9.13. The Kier molecular flexibility index (Phi) is 6.01. The first-order chi connectivity index (χ1) is 14.7. The van der Waals surface area contributed by atoms with Crippen LogP contribution in [0.4, 0.5) is 5.82 Å². The minimum atomic E-state index is 0.161. The molecule has 0 unspecified atom stereocenters. The Morgan fingerprint density at radius 3 is 2.83 bits per heavy atom. The summed E-state index contributed by atoms with van der Waals surface area (Å²) in [6, 6.07) is 9.41. The van der Waals surface area contributed by atoms with Gasteiger partial charge in [-0.25, -0.2) is 15.0 Å². The van der Waals surface area contributed by atoms with Gasteiger partial charge in [0.05, 0.1) is 24.4 Å². The molecule has 3 aromatic rings. The van der Waals surface area contributed by atoms with Gasteiger partial charge < -0.3 is 24.3 Å². The standard InChI is InChI=1S/C21H23N5O4/c1-14(25-27)16-11-18-19(22-12-16)21(26-6-8-29-9-7-26)24-20(23-18)15-4-3-5-17(10-15)30-13-28-2/h3-5,10-12,27H,6-9,13H2,1-2H3. The van der Waals surface area contributed by atoms with E-state index in [4.69, 9.17) is 29.4 Å². The molecule has 1 aliphatic heterocycles. The number of anilines is 1. The summed E-state index contributed by atoms with van der Waals surface area (Å²) in [5.74, 6) is 1.98. The second kappa shape index (κ2) is 9.02. The van der Waals surface area contributed by atoms with Crippen molar-refractivity contribution in [2.24, 2.45) is 5.16 Å². The topological polar surface area (TPSA) is 102 Å². The highest BCUT2D eigenvalue weighted by Gasteiger charge is 2.20. The van der Waals surface area contributed by atoms with Gasteiger partial charge in [-0.1, -0.05) is 17.3 Å². The lowest BCUT2D eigenvalue weighted by Crippen LogP contribution is -2.37. The number of fused-ring (bicyclic) bond motifs is 1. The van der Waals surface area contributed by atoms with Crippen LogP contribution in [0.25, 0.3) is 22.4 Å². The molecule has 0 atom stereocenters. The van der Waals surface area contributed by atoms with Crippen LogP contribution >= 0.6 is 0 Å². The van der Waals surface area contributed by atoms with Crippen LogP contribution in [0.1, 0.15) is 12.5 Å². The number of oxime groups is 1. The third-order valence-corrected chi connectivity index (χ3v) is 4.83. The molecule has 1 fully saturated rings. The predicted octanol–water partition coefficient (Wildman–Crippen LogP) is 2.71. The lowest BCUT2D eigenvalue weighted by atomic mass is 10.1. The van der Waals surface area contributed by atoms with Crippen LogP contribution in [-0.4, -0.2) is 66.1 Å². The summed E-state index contributed by atoms with van der Waals surface area (Å²) >= 11 is 0. The van der Waals surface area contributed by atoms with E-state index >= 15 is 0 Å². The van der Waals surface area contributed by atoms with Crippen LogP contribution in [0, 0.1) is 0 Å². The smallest absolute Gasteiger partial charge is 0.188 e. The maximum Gasteiger partial charge on any atom is 0.188 e. The van der Waals surface area contributed by atoms with Gasteiger partial charge in [0, 0.05) is 37.5 Å². The van der Waals surface area contributed by atoms with Crippen LogP contribution in [0.15, 0.2) is 41.7 Å². The Morgan fingerprint density at radius 2 is 2.07 bits per heavy atom. The van der Waals surface area contributed by atoms with Crippen LogP contribution in [0.2, 0.25) is 0 Å². The zero-order chi connectivity index (χ0) is 20.9. The number of pyridine rings is 1. The van der Waals surface area contributed by atoms with E-state index in [1.807, 2.05) is 30.3 Å². The van der Waals surface area contributed by atoms with E-state index in [1.165, 1.54) is 0 Å². The van der Waals surface area contributed by atoms with Crippen molar-refractivity contribution in [3.8, 4) is 17.1 Å². The van der Waals surface area contributed by atoms with Gasteiger partial charge in [0.1, 0.15) is 11.3 Å². The van der Waals surface area contributed by atoms with Gasteiger partial charge in [0.15, 0.2) is 18.4 Å². The van der Waals surface area contributed by atoms with E-state index in [0.29, 0.717) is 47.1 Å². The minimum Gasteiger partial charge on any atom is -0.468 e. The van der Waals surface area contributed by atoms with Gasteiger partial charge >= 0.3 is 0 Å². The fourth-order valence-electron chi connectivity index (χ4n) is 3.24. The summed E-state index contributed by atoms with van der Waals surface area (Å²) in [5.41, 5.74) is 3.34. The zero-order valence-electron chi connectivity index (χ0n) is 16.9. The van der Waals surface area contributed by atoms with E-state index in [9.17, 15) is 0 Å². The Hall–Kier alpha value is -3.30. The van der Waals surface area contributed by atoms with Crippen molar-refractivity contribution in [2.45, 2.75) is 6.92 Å². The monoisotopic (exact) mass is 409 g/mol. The number of hydrogen-bond acceptors (Lipinski definition) is 9. The molecule has 1 aromatic carbocycles. The van der Waals surface area contributed by atoms with Crippen molar-refractivity contribution in [3.63, 3.8) is 0 Å². The van der Waals surface area contributed by atoms with Gasteiger partial charge in [-0.05, 0) is 25.1 Å². The Labute approximate surface area is 173 Å². The molecule has 0 radical (unpaired) electrons. The van der Waals surface area contributed by atoms with Crippen molar-refractivity contribution < 1.29 is 19.4 Å². The number of rotatable bonds is 6. The molecule has 4 rings (SSSR count). The molecular formula is C21H23N5O4. The molecule has 2 aromatic heterocycles. The van der Waals surface area contributed by atoms with Gasteiger partial charge in [-0.2, -0.15) is 0 Å². The summed E-state index contributed by atoms with van der Waals surface area (Å²) in [6.07, 6.45) is 1.67. The summed E-state index contributed by atoms with van der Waals surface area (Å²) in [7, 11) is 1.58. The number of hydrogen-bond donors (Lipinski definition) is 1. The van der Waals surface area contributed by atoms with Crippen molar-refractivity contribution in [2.75, 3.05) is 45.1 Å². The first-order valence-electron chi connectivity index (χ1n) is 9.61. The van der Waals surface area contributed by atoms with Crippen molar-refractivity contribution in [1.82, 2.24) is 15.0 Å². The first-order valence-corrected chi connectivity index (χ1v) is 9.61. The lowest BCUT2D eigenvalue weighted by molar-refractivity contribution is 0.0511. The molecule has 0 saturated carbocycles. The van der Waals surface area contributed by atoms with Gasteiger partial charge in [0.25, 0.3) is 0 Å². The van der Waals surface area contributed by atoms with Gasteiger partial charge in [-0.3, -0.25) is 0 Å². The third-order valence-electron chi connectivity index (χ3n) is 4.83. The quantitative estimate of drug-likeness (QED) is 0.287. The Morgan fingerprint density at radius 1 is 1.23 bits per heavy atom. The molecule has 9 heteroatoms. The van der Waals surface area contributed by atoms with Crippen LogP contribution in [0.5, 0.6) is 5.75 Å². The molecule has 1 aliphatic rings. The highest BCUT2D eigenvalue weighted by atomic mass is 16.7. The molecule has 0 spiro atoms. The summed E-state index contributed by atoms with van der Waals surface area (Å²) in [6.45, 7) is 4.59. The number of methoxy groups -OCH3 is 1. The summed E-state index contributed by atoms with van der Waals surface area (Å²) in [5, 5.41) is 12.4. The normalized spacial score (nSPS) is 14.9. The largest absolute Gasteiger partial charge is 0.468 e. The van der Waals surface area contributed by atoms with E-state index in [0.717, 1.165) is 24.5 Å². The molecule has 30 heavy (non-hydrogen) atoms. The number of benzene rings is 1. The fourth-order valence-corrected chi connectivity index (χ4v) is 3.24. The molecule has 1 N–H and O–H groups in total. The van der Waals surface area contributed by atoms with E-state index in [2.05, 4.69) is 15.0 Å². The highest BCUT2D eigenvalue weighted by Crippen LogP contribution is 2.29. The van der Waals surface area contributed by atoms with Crippen molar-refractivity contribution >= 4 is 22.6 Å². The average molecular weight is 409 g/mol. The second-order valence-electron chi connectivity index (χ2n) is 6.83. The van der Waals surface area contributed by atoms with E-state index < -0.39 is 0 Å². The third kappa shape index (κ3) is 4.17. The minimum absolute atomic E-state index is 0.161. The summed E-state index contributed by atoms with van der Waals surface area (Å²) < 4.78 is 16.0. The Bertz CT molecular complexity index is 1070. The number of nitrogens with zero attached hydrogens (tertiary/aromatic N) is 5. The molecule has 0 aliphatic carbocycles. The van der Waals surface area contributed by atoms with Crippen molar-refractivity contribution in [1.29, 1.82) is 0 Å². The fraction of sp³-hybridized carbons (Fsp3) is 0.333. The molecule has 1 saturated heterocycles. The molecule has 156 valence electrons. The molecule has 0 bridgehead atoms. The predicted molar refractivity (Wildman–Crippen MR) is 112 cm³/mol. The van der Waals surface area contributed by atoms with Crippen LogP contribution in [-0.2, 0) is 9.47 Å². The molecule has 9 nitrogen and oxygen atoms in total. The lowest BCUT2D eigenvalue weighted by Gasteiger charge is -2.28.